The molecule has 0 radical (unpaired) electrons. The number of hydrogen-bond acceptors (Lipinski definition) is 8. The van der Waals surface area contributed by atoms with E-state index in [1.807, 2.05) is 17.9 Å². The fourth-order valence-corrected chi connectivity index (χ4v) is 3.28. The van der Waals surface area contributed by atoms with Gasteiger partial charge in [-0.2, -0.15) is 5.26 Å². The van der Waals surface area contributed by atoms with Crippen LogP contribution < -0.4 is 15.0 Å². The minimum Gasteiger partial charge on any atom is -0.491 e. The molecule has 0 bridgehead atoms. The number of pyridine rings is 1. The second-order valence-corrected chi connectivity index (χ2v) is 9.07. The first-order valence-electron chi connectivity index (χ1n) is 12.2. The van der Waals surface area contributed by atoms with Crippen molar-refractivity contribution in [1.82, 2.24) is 10.3 Å². The summed E-state index contributed by atoms with van der Waals surface area (Å²) < 4.78 is 44.9. The molecule has 0 spiro atoms. The normalized spacial score (nSPS) is 11.2. The predicted molar refractivity (Wildman–Crippen MR) is 143 cm³/mol. The molecule has 1 unspecified atom stereocenters. The van der Waals surface area contributed by atoms with Crippen molar-refractivity contribution < 1.29 is 32.9 Å². The fourth-order valence-electron chi connectivity index (χ4n) is 3.28. The van der Waals surface area contributed by atoms with E-state index in [1.165, 1.54) is 19.2 Å². The second-order valence-electron chi connectivity index (χ2n) is 9.07. The van der Waals surface area contributed by atoms with E-state index in [-0.39, 0.29) is 30.9 Å². The summed E-state index contributed by atoms with van der Waals surface area (Å²) in [6.07, 6.45) is 1.51. The smallest absolute Gasteiger partial charge is 0.290 e. The van der Waals surface area contributed by atoms with Crippen LogP contribution in [0.1, 0.15) is 45.4 Å². The quantitative estimate of drug-likeness (QED) is 0.230. The van der Waals surface area contributed by atoms with E-state index in [4.69, 9.17) is 29.4 Å². The highest BCUT2D eigenvalue weighted by Gasteiger charge is 2.17. The number of nitrogens with one attached hydrogen (secondary N) is 1. The first-order valence-corrected chi connectivity index (χ1v) is 12.2. The van der Waals surface area contributed by atoms with E-state index < -0.39 is 23.7 Å². The van der Waals surface area contributed by atoms with Gasteiger partial charge in [-0.15, -0.1) is 0 Å². The van der Waals surface area contributed by atoms with Crippen molar-refractivity contribution in [1.29, 1.82) is 5.26 Å². The number of carboxylic acid groups (broad SMARTS) is 1. The summed E-state index contributed by atoms with van der Waals surface area (Å²) in [6.45, 7) is 9.69. The molecule has 1 aromatic carbocycles. The van der Waals surface area contributed by atoms with Gasteiger partial charge in [0.2, 0.25) is 0 Å². The van der Waals surface area contributed by atoms with Crippen LogP contribution in [0.2, 0.25) is 0 Å². The van der Waals surface area contributed by atoms with Gasteiger partial charge in [-0.3, -0.25) is 4.79 Å². The minimum atomic E-state index is -0.777. The highest BCUT2D eigenvalue weighted by atomic mass is 19.1. The van der Waals surface area contributed by atoms with E-state index in [9.17, 15) is 8.78 Å². The van der Waals surface area contributed by atoms with E-state index in [0.29, 0.717) is 37.4 Å². The summed E-state index contributed by atoms with van der Waals surface area (Å²) in [5.41, 5.74) is 1.37. The minimum absolute atomic E-state index is 0.0110. The molecular weight excluding hydrogens is 510 g/mol. The molecule has 0 aliphatic heterocycles. The van der Waals surface area contributed by atoms with Crippen LogP contribution >= 0.6 is 0 Å². The number of benzene rings is 1. The van der Waals surface area contributed by atoms with Crippen LogP contribution in [0.3, 0.4) is 0 Å². The molecular formula is C28H36F2N4O5. The summed E-state index contributed by atoms with van der Waals surface area (Å²) >= 11 is 0. The fraction of sp³-hybridized carbons (Fsp3) is 0.464. The van der Waals surface area contributed by atoms with Crippen molar-refractivity contribution >= 4 is 12.2 Å². The van der Waals surface area contributed by atoms with Gasteiger partial charge in [-0.1, -0.05) is 11.8 Å². The second kappa shape index (κ2) is 17.7. The number of ether oxygens (including phenoxy) is 3. The number of carbonyl (C=O) groups is 1. The monoisotopic (exact) mass is 546 g/mol. The number of rotatable bonds is 12. The van der Waals surface area contributed by atoms with Crippen molar-refractivity contribution in [3.63, 3.8) is 0 Å². The van der Waals surface area contributed by atoms with Gasteiger partial charge in [0, 0.05) is 31.7 Å². The van der Waals surface area contributed by atoms with Crippen molar-refractivity contribution in [2.75, 3.05) is 38.3 Å². The van der Waals surface area contributed by atoms with Crippen LogP contribution in [0.4, 0.5) is 14.5 Å². The molecule has 0 amide bonds. The highest BCUT2D eigenvalue weighted by Crippen LogP contribution is 2.25. The van der Waals surface area contributed by atoms with Crippen LogP contribution in [0.5, 0.6) is 5.75 Å². The zero-order chi connectivity index (χ0) is 29.3. The Morgan fingerprint density at radius 2 is 1.87 bits per heavy atom. The van der Waals surface area contributed by atoms with Crippen molar-refractivity contribution in [2.24, 2.45) is 0 Å². The number of halogens is 2. The Labute approximate surface area is 228 Å². The first-order chi connectivity index (χ1) is 18.6. The zero-order valence-electron chi connectivity index (χ0n) is 23.0. The number of anilines is 1. The number of nitriles is 1. The van der Waals surface area contributed by atoms with Crippen molar-refractivity contribution in [2.45, 2.75) is 52.5 Å². The molecule has 2 rings (SSSR count). The van der Waals surface area contributed by atoms with Crippen LogP contribution in [0.15, 0.2) is 30.5 Å². The van der Waals surface area contributed by atoms with E-state index in [2.05, 4.69) is 42.9 Å². The van der Waals surface area contributed by atoms with Crippen LogP contribution in [-0.4, -0.2) is 61.8 Å². The Kier molecular flexibility index (Phi) is 15.1. The molecule has 1 heterocycles. The average Bonchev–Trinajstić information content (AvgIpc) is 2.88. The van der Waals surface area contributed by atoms with Gasteiger partial charge in [-0.05, 0) is 57.5 Å². The zero-order valence-corrected chi connectivity index (χ0v) is 23.0. The SMILES string of the molecule is CCOC(CCN(Cc1cc(F)c(OC)c(F)c1)c1ccc(C#N)nc1)OCC#CCNC(C)(C)C.O=CO. The third-order valence-electron chi connectivity index (χ3n) is 5.02. The van der Waals surface area contributed by atoms with Gasteiger partial charge in [-0.25, -0.2) is 13.8 Å². The molecule has 0 fully saturated rings. The topological polar surface area (TPSA) is 117 Å². The molecule has 0 saturated heterocycles. The van der Waals surface area contributed by atoms with Crippen molar-refractivity contribution in [3.05, 3.63) is 53.4 Å². The van der Waals surface area contributed by atoms with Crippen LogP contribution in [-0.2, 0) is 20.8 Å². The molecule has 39 heavy (non-hydrogen) atoms. The molecule has 1 aromatic heterocycles. The molecule has 0 saturated carbocycles. The third-order valence-corrected chi connectivity index (χ3v) is 5.02. The van der Waals surface area contributed by atoms with Gasteiger partial charge >= 0.3 is 0 Å². The standard InChI is InChI=1S/C27H34F2N4O3.CH2O2/c1-6-35-25(36-14-8-7-12-32-27(2,3)4)11-13-33(22-10-9-21(17-30)31-18-22)19-20-15-23(28)26(34-5)24(29)16-20;2-1-3/h9-10,15-16,18,25,32H,6,11-14,19H2,1-5H3;1H,(H,2,3). The van der Waals surface area contributed by atoms with E-state index in [0.717, 1.165) is 0 Å². The number of nitrogens with zero attached hydrogens (tertiary/aromatic N) is 3. The maximum absolute atomic E-state index is 14.3. The molecule has 0 aliphatic carbocycles. The Hall–Kier alpha value is -3.77. The molecule has 2 aromatic rings. The van der Waals surface area contributed by atoms with Gasteiger partial charge in [0.05, 0.1) is 25.5 Å². The predicted octanol–water partition coefficient (Wildman–Crippen LogP) is 4.11. The molecule has 0 aliphatic rings. The summed E-state index contributed by atoms with van der Waals surface area (Å²) in [6, 6.07) is 7.80. The Morgan fingerprint density at radius 3 is 2.38 bits per heavy atom. The third kappa shape index (κ3) is 13.0. The number of hydrogen-bond donors (Lipinski definition) is 2. The van der Waals surface area contributed by atoms with Gasteiger partial charge < -0.3 is 29.5 Å². The summed E-state index contributed by atoms with van der Waals surface area (Å²) in [4.78, 5) is 14.4. The number of methoxy groups -OCH3 is 1. The highest BCUT2D eigenvalue weighted by molar-refractivity contribution is 5.47. The molecule has 2 N–H and O–H groups in total. The maximum Gasteiger partial charge on any atom is 0.290 e. The lowest BCUT2D eigenvalue weighted by Gasteiger charge is -2.27. The lowest BCUT2D eigenvalue weighted by atomic mass is 10.1. The summed E-state index contributed by atoms with van der Waals surface area (Å²) in [5.74, 6) is 4.03. The van der Waals surface area contributed by atoms with Crippen LogP contribution in [0.25, 0.3) is 0 Å². The van der Waals surface area contributed by atoms with Crippen LogP contribution in [0, 0.1) is 34.8 Å². The lowest BCUT2D eigenvalue weighted by molar-refractivity contribution is -0.132. The Bertz CT molecular complexity index is 1100. The van der Waals surface area contributed by atoms with Gasteiger partial charge in [0.15, 0.2) is 23.7 Å². The van der Waals surface area contributed by atoms with Crippen molar-refractivity contribution in [3.8, 4) is 23.7 Å². The molecule has 11 heteroatoms. The Balaban J connectivity index is 0.00000242. The molecule has 1 atom stereocenters. The first kappa shape index (κ1) is 33.3. The average molecular weight is 547 g/mol. The molecule has 9 nitrogen and oxygen atoms in total. The Morgan fingerprint density at radius 1 is 1.21 bits per heavy atom. The lowest BCUT2D eigenvalue weighted by Crippen LogP contribution is -2.35. The maximum atomic E-state index is 14.3. The molecule has 212 valence electrons. The van der Waals surface area contributed by atoms with Gasteiger partial charge in [0.1, 0.15) is 18.4 Å². The largest absolute Gasteiger partial charge is 0.491 e. The summed E-state index contributed by atoms with van der Waals surface area (Å²) in [7, 11) is 1.22. The van der Waals surface area contributed by atoms with Gasteiger partial charge in [0.25, 0.3) is 6.47 Å². The van der Waals surface area contributed by atoms with E-state index in [1.54, 1.807) is 18.3 Å². The van der Waals surface area contributed by atoms with E-state index >= 15 is 0 Å². The summed E-state index contributed by atoms with van der Waals surface area (Å²) in [5, 5.41) is 19.2. The number of aromatic nitrogens is 1.